The van der Waals surface area contributed by atoms with E-state index in [0.29, 0.717) is 12.7 Å². The monoisotopic (exact) mass is 269 g/mol. The van der Waals surface area contributed by atoms with Crippen molar-refractivity contribution in [1.29, 1.82) is 0 Å². The van der Waals surface area contributed by atoms with Gasteiger partial charge in [-0.05, 0) is 24.6 Å². The second-order valence-electron chi connectivity index (χ2n) is 5.56. The third-order valence-electron chi connectivity index (χ3n) is 3.66. The van der Waals surface area contributed by atoms with Crippen molar-refractivity contribution in [2.24, 2.45) is 0 Å². The second-order valence-corrected chi connectivity index (χ2v) is 5.56. The Bertz CT molecular complexity index is 535. The van der Waals surface area contributed by atoms with Gasteiger partial charge in [-0.3, -0.25) is 4.98 Å². The molecule has 0 aliphatic heterocycles. The Kier molecular flexibility index (Phi) is 3.70. The molecule has 0 radical (unpaired) electrons. The fraction of sp³-hybridized carbons (Fsp3) is 0.353. The lowest BCUT2D eigenvalue weighted by Gasteiger charge is -2.44. The van der Waals surface area contributed by atoms with E-state index in [2.05, 4.69) is 24.0 Å². The van der Waals surface area contributed by atoms with E-state index in [1.807, 2.05) is 30.3 Å². The van der Waals surface area contributed by atoms with Crippen molar-refractivity contribution in [2.75, 3.05) is 0 Å². The van der Waals surface area contributed by atoms with Gasteiger partial charge >= 0.3 is 0 Å². The number of rotatable bonds is 5. The van der Waals surface area contributed by atoms with Gasteiger partial charge in [0.2, 0.25) is 0 Å². The van der Waals surface area contributed by atoms with Crippen LogP contribution in [0.2, 0.25) is 0 Å². The van der Waals surface area contributed by atoms with Crippen LogP contribution in [0.15, 0.2) is 54.9 Å². The van der Waals surface area contributed by atoms with Gasteiger partial charge in [0, 0.05) is 25.2 Å². The molecule has 1 fully saturated rings. The molecule has 1 aromatic heterocycles. The Morgan fingerprint density at radius 1 is 1.10 bits per heavy atom. The third kappa shape index (κ3) is 3.17. The number of pyridine rings is 1. The van der Waals surface area contributed by atoms with Gasteiger partial charge in [0.05, 0.1) is 12.7 Å². The van der Waals surface area contributed by atoms with Crippen LogP contribution < -0.4 is 4.74 Å². The van der Waals surface area contributed by atoms with Gasteiger partial charge in [-0.1, -0.05) is 30.3 Å². The molecule has 1 aliphatic carbocycles. The number of nitrogens with zero attached hydrogens (tertiary/aromatic N) is 1. The van der Waals surface area contributed by atoms with Crippen LogP contribution >= 0.6 is 0 Å². The van der Waals surface area contributed by atoms with Crippen LogP contribution in [0.5, 0.6) is 5.75 Å². The molecular weight excluding hydrogens is 250 g/mol. The van der Waals surface area contributed by atoms with Crippen LogP contribution in [-0.4, -0.2) is 16.7 Å². The molecule has 1 aliphatic rings. The zero-order valence-corrected chi connectivity index (χ0v) is 11.7. The van der Waals surface area contributed by atoms with Crippen molar-refractivity contribution in [2.45, 2.75) is 38.1 Å². The van der Waals surface area contributed by atoms with Crippen molar-refractivity contribution in [3.63, 3.8) is 0 Å². The Morgan fingerprint density at radius 3 is 2.50 bits per heavy atom. The molecule has 0 amide bonds. The molecule has 0 spiro atoms. The van der Waals surface area contributed by atoms with Gasteiger partial charge < -0.3 is 9.47 Å². The van der Waals surface area contributed by atoms with Gasteiger partial charge in [-0.25, -0.2) is 0 Å². The Labute approximate surface area is 119 Å². The van der Waals surface area contributed by atoms with Crippen LogP contribution in [0.3, 0.4) is 0 Å². The summed E-state index contributed by atoms with van der Waals surface area (Å²) in [5, 5.41) is 0. The summed E-state index contributed by atoms with van der Waals surface area (Å²) >= 11 is 0. The van der Waals surface area contributed by atoms with E-state index in [0.717, 1.165) is 18.6 Å². The minimum atomic E-state index is -0.108. The molecular formula is C17H19NO2. The van der Waals surface area contributed by atoms with E-state index in [4.69, 9.17) is 9.47 Å². The molecule has 20 heavy (non-hydrogen) atoms. The Morgan fingerprint density at radius 2 is 1.80 bits per heavy atom. The molecule has 3 nitrogen and oxygen atoms in total. The van der Waals surface area contributed by atoms with E-state index < -0.39 is 0 Å². The van der Waals surface area contributed by atoms with Crippen LogP contribution in [-0.2, 0) is 11.3 Å². The third-order valence-corrected chi connectivity index (χ3v) is 3.66. The van der Waals surface area contributed by atoms with Crippen molar-refractivity contribution in [3.05, 3.63) is 60.4 Å². The molecule has 2 aromatic rings. The molecule has 104 valence electrons. The topological polar surface area (TPSA) is 31.4 Å². The van der Waals surface area contributed by atoms with Crippen LogP contribution in [0, 0.1) is 0 Å². The molecule has 1 aromatic carbocycles. The summed E-state index contributed by atoms with van der Waals surface area (Å²) in [5.41, 5.74) is 1.11. The summed E-state index contributed by atoms with van der Waals surface area (Å²) in [6, 6.07) is 14.1. The van der Waals surface area contributed by atoms with E-state index in [1.54, 1.807) is 12.4 Å². The predicted molar refractivity (Wildman–Crippen MR) is 77.5 cm³/mol. The number of hydrogen-bond donors (Lipinski definition) is 0. The largest absolute Gasteiger partial charge is 0.487 e. The first kappa shape index (κ1) is 13.1. The predicted octanol–water partition coefficient (Wildman–Crippen LogP) is 3.60. The summed E-state index contributed by atoms with van der Waals surface area (Å²) in [6.45, 7) is 2.81. The summed E-state index contributed by atoms with van der Waals surface area (Å²) in [4.78, 5) is 3.99. The summed E-state index contributed by atoms with van der Waals surface area (Å²) in [5.74, 6) is 0.879. The Hall–Kier alpha value is -1.87. The molecule has 1 heterocycles. The Balaban J connectivity index is 1.46. The number of aromatic nitrogens is 1. The minimum absolute atomic E-state index is 0.108. The van der Waals surface area contributed by atoms with Gasteiger partial charge in [0.25, 0.3) is 0 Å². The second kappa shape index (κ2) is 5.63. The zero-order valence-electron chi connectivity index (χ0n) is 11.7. The lowest BCUT2D eigenvalue weighted by molar-refractivity contribution is -0.120. The van der Waals surface area contributed by atoms with Crippen LogP contribution in [0.25, 0.3) is 0 Å². The summed E-state index contributed by atoms with van der Waals surface area (Å²) in [6.07, 6.45) is 5.66. The van der Waals surface area contributed by atoms with E-state index in [1.165, 1.54) is 5.56 Å². The van der Waals surface area contributed by atoms with Gasteiger partial charge in [0.1, 0.15) is 11.4 Å². The van der Waals surface area contributed by atoms with Gasteiger partial charge in [-0.15, -0.1) is 0 Å². The summed E-state index contributed by atoms with van der Waals surface area (Å²) < 4.78 is 11.9. The first-order valence-corrected chi connectivity index (χ1v) is 6.98. The normalized spacial score (nSPS) is 24.9. The SMILES string of the molecule is CC1(Oc2ccncc2)CC(OCc2ccccc2)C1. The molecule has 0 N–H and O–H groups in total. The molecule has 1 saturated carbocycles. The average Bonchev–Trinajstić information content (AvgIpc) is 2.45. The van der Waals surface area contributed by atoms with E-state index in [-0.39, 0.29) is 5.60 Å². The van der Waals surface area contributed by atoms with Crippen molar-refractivity contribution in [3.8, 4) is 5.75 Å². The fourth-order valence-corrected chi connectivity index (χ4v) is 2.58. The van der Waals surface area contributed by atoms with Crippen molar-refractivity contribution >= 4 is 0 Å². The highest BCUT2D eigenvalue weighted by Gasteiger charge is 2.43. The maximum Gasteiger partial charge on any atom is 0.123 e. The smallest absolute Gasteiger partial charge is 0.123 e. The lowest BCUT2D eigenvalue weighted by atomic mass is 9.78. The molecule has 3 heteroatoms. The summed E-state index contributed by atoms with van der Waals surface area (Å²) in [7, 11) is 0. The quantitative estimate of drug-likeness (QED) is 0.831. The number of ether oxygens (including phenoxy) is 2. The fourth-order valence-electron chi connectivity index (χ4n) is 2.58. The minimum Gasteiger partial charge on any atom is -0.487 e. The first-order chi connectivity index (χ1) is 9.73. The van der Waals surface area contributed by atoms with Crippen molar-refractivity contribution < 1.29 is 9.47 Å². The highest BCUT2D eigenvalue weighted by Crippen LogP contribution is 2.38. The van der Waals surface area contributed by atoms with Gasteiger partial charge in [0.15, 0.2) is 0 Å². The maximum absolute atomic E-state index is 6.00. The molecule has 0 bridgehead atoms. The van der Waals surface area contributed by atoms with E-state index in [9.17, 15) is 0 Å². The van der Waals surface area contributed by atoms with Crippen molar-refractivity contribution in [1.82, 2.24) is 4.98 Å². The molecule has 0 atom stereocenters. The molecule has 0 unspecified atom stereocenters. The number of benzene rings is 1. The van der Waals surface area contributed by atoms with Crippen LogP contribution in [0.1, 0.15) is 25.3 Å². The molecule has 0 saturated heterocycles. The highest BCUT2D eigenvalue weighted by atomic mass is 16.5. The molecule has 3 rings (SSSR count). The lowest BCUT2D eigenvalue weighted by Crippen LogP contribution is -2.50. The highest BCUT2D eigenvalue weighted by molar-refractivity contribution is 5.19. The standard InChI is InChI=1S/C17H19NO2/c1-17(20-15-7-9-18-10-8-15)11-16(12-17)19-13-14-5-3-2-4-6-14/h2-10,16H,11-13H2,1H3. The zero-order chi connectivity index (χ0) is 13.8. The maximum atomic E-state index is 6.00. The average molecular weight is 269 g/mol. The first-order valence-electron chi connectivity index (χ1n) is 6.98. The number of hydrogen-bond acceptors (Lipinski definition) is 3. The van der Waals surface area contributed by atoms with Crippen LogP contribution in [0.4, 0.5) is 0 Å². The van der Waals surface area contributed by atoms with Gasteiger partial charge in [-0.2, -0.15) is 0 Å². The van der Waals surface area contributed by atoms with E-state index >= 15 is 0 Å².